The molecule has 0 bridgehead atoms. The molecule has 1 atom stereocenters. The van der Waals surface area contributed by atoms with E-state index in [2.05, 4.69) is 27.3 Å². The molecule has 156 valence electrons. The Hall–Kier alpha value is -3.19. The number of nitrogens with one attached hydrogen (secondary N) is 1. The molecule has 4 rings (SSSR count). The summed E-state index contributed by atoms with van der Waals surface area (Å²) in [5, 5.41) is 11.5. The van der Waals surface area contributed by atoms with Gasteiger partial charge in [-0.2, -0.15) is 0 Å². The Morgan fingerprint density at radius 2 is 1.80 bits per heavy atom. The molecule has 2 aromatic carbocycles. The number of hydrogen-bond acceptors (Lipinski definition) is 6. The van der Waals surface area contributed by atoms with Crippen LogP contribution in [-0.2, 0) is 4.79 Å². The van der Waals surface area contributed by atoms with E-state index in [4.69, 9.17) is 9.15 Å². The quantitative estimate of drug-likeness (QED) is 0.662. The van der Waals surface area contributed by atoms with Gasteiger partial charge in [0.1, 0.15) is 5.75 Å². The highest BCUT2D eigenvalue weighted by molar-refractivity contribution is 5.92. The lowest BCUT2D eigenvalue weighted by Crippen LogP contribution is -2.39. The number of amides is 1. The number of nitrogens with zero attached hydrogens (tertiary/aromatic N) is 3. The molecule has 7 nitrogen and oxygen atoms in total. The van der Waals surface area contributed by atoms with Gasteiger partial charge >= 0.3 is 0 Å². The molecule has 0 radical (unpaired) electrons. The van der Waals surface area contributed by atoms with Crippen molar-refractivity contribution in [3.63, 3.8) is 0 Å². The van der Waals surface area contributed by atoms with Crippen molar-refractivity contribution in [3.05, 3.63) is 60.5 Å². The monoisotopic (exact) mass is 406 g/mol. The molecule has 1 aromatic heterocycles. The molecule has 0 saturated carbocycles. The average molecular weight is 406 g/mol. The van der Waals surface area contributed by atoms with Crippen molar-refractivity contribution < 1.29 is 13.9 Å². The highest BCUT2D eigenvalue weighted by atomic mass is 16.5. The van der Waals surface area contributed by atoms with Crippen LogP contribution in [0.2, 0.25) is 0 Å². The molecule has 1 fully saturated rings. The van der Waals surface area contributed by atoms with Gasteiger partial charge in [0.25, 0.3) is 0 Å². The van der Waals surface area contributed by atoms with Crippen molar-refractivity contribution >= 4 is 11.6 Å². The maximum atomic E-state index is 12.5. The predicted molar refractivity (Wildman–Crippen MR) is 114 cm³/mol. The summed E-state index contributed by atoms with van der Waals surface area (Å²) in [5.74, 6) is 1.98. The van der Waals surface area contributed by atoms with Crippen molar-refractivity contribution in [1.82, 2.24) is 15.1 Å². The molecule has 0 aliphatic carbocycles. The summed E-state index contributed by atoms with van der Waals surface area (Å²) in [7, 11) is 1.63. The molecule has 0 spiro atoms. The van der Waals surface area contributed by atoms with E-state index in [0.717, 1.165) is 42.9 Å². The second-order valence-corrected chi connectivity index (χ2v) is 7.52. The van der Waals surface area contributed by atoms with Gasteiger partial charge in [0.2, 0.25) is 17.7 Å². The number of piperidine rings is 1. The Bertz CT molecular complexity index is 964. The van der Waals surface area contributed by atoms with Gasteiger partial charge in [-0.3, -0.25) is 9.69 Å². The van der Waals surface area contributed by atoms with E-state index < -0.39 is 0 Å². The minimum Gasteiger partial charge on any atom is -0.497 e. The molecule has 0 unspecified atom stereocenters. The first-order valence-corrected chi connectivity index (χ1v) is 10.2. The smallest absolute Gasteiger partial charge is 0.247 e. The fraction of sp³-hybridized carbons (Fsp3) is 0.348. The maximum Gasteiger partial charge on any atom is 0.247 e. The summed E-state index contributed by atoms with van der Waals surface area (Å²) in [6, 6.07) is 17.1. The number of likely N-dealkylation sites (tertiary alicyclic amines) is 1. The fourth-order valence-electron chi connectivity index (χ4n) is 3.72. The number of aromatic nitrogens is 2. The molecule has 1 saturated heterocycles. The van der Waals surface area contributed by atoms with E-state index in [1.807, 2.05) is 54.6 Å². The number of methoxy groups -OCH3 is 1. The molecule has 2 heterocycles. The molecular weight excluding hydrogens is 380 g/mol. The van der Waals surface area contributed by atoms with Crippen molar-refractivity contribution in [2.45, 2.75) is 25.8 Å². The molecule has 3 aromatic rings. The van der Waals surface area contributed by atoms with Crippen molar-refractivity contribution in [2.75, 3.05) is 25.5 Å². The number of anilines is 1. The van der Waals surface area contributed by atoms with Crippen LogP contribution < -0.4 is 10.1 Å². The number of para-hydroxylation sites is 1. The van der Waals surface area contributed by atoms with Gasteiger partial charge in [0.05, 0.1) is 13.2 Å². The van der Waals surface area contributed by atoms with Gasteiger partial charge in [-0.1, -0.05) is 18.2 Å². The number of benzene rings is 2. The summed E-state index contributed by atoms with van der Waals surface area (Å²) in [5.41, 5.74) is 1.70. The summed E-state index contributed by atoms with van der Waals surface area (Å²) >= 11 is 0. The third-order valence-corrected chi connectivity index (χ3v) is 5.62. The second-order valence-electron chi connectivity index (χ2n) is 7.52. The van der Waals surface area contributed by atoms with Crippen LogP contribution in [0.15, 0.2) is 59.0 Å². The van der Waals surface area contributed by atoms with E-state index in [9.17, 15) is 4.79 Å². The zero-order chi connectivity index (χ0) is 20.9. The topological polar surface area (TPSA) is 80.5 Å². The summed E-state index contributed by atoms with van der Waals surface area (Å²) < 4.78 is 11.1. The first-order valence-electron chi connectivity index (χ1n) is 10.2. The summed E-state index contributed by atoms with van der Waals surface area (Å²) in [6.45, 7) is 3.69. The van der Waals surface area contributed by atoms with E-state index in [0.29, 0.717) is 11.8 Å². The SMILES string of the molecule is COc1ccc(-c2nnc([C@@H](C)N3CCC(C(=O)Nc4ccccc4)CC3)o2)cc1. The normalized spacial score (nSPS) is 16.2. The van der Waals surface area contributed by atoms with Crippen LogP contribution in [0.25, 0.3) is 11.5 Å². The van der Waals surface area contributed by atoms with Gasteiger partial charge < -0.3 is 14.5 Å². The number of ether oxygens (including phenoxy) is 1. The Morgan fingerprint density at radius 3 is 2.47 bits per heavy atom. The third-order valence-electron chi connectivity index (χ3n) is 5.62. The first-order chi connectivity index (χ1) is 14.6. The number of carbonyl (C=O) groups is 1. The van der Waals surface area contributed by atoms with E-state index in [1.165, 1.54) is 0 Å². The fourth-order valence-corrected chi connectivity index (χ4v) is 3.72. The van der Waals surface area contributed by atoms with Crippen molar-refractivity contribution in [1.29, 1.82) is 0 Å². The Labute approximate surface area is 176 Å². The summed E-state index contributed by atoms with van der Waals surface area (Å²) in [4.78, 5) is 14.8. The molecule has 1 amide bonds. The molecule has 1 aliphatic heterocycles. The van der Waals surface area contributed by atoms with Gasteiger partial charge in [0.15, 0.2) is 0 Å². The van der Waals surface area contributed by atoms with Gasteiger partial charge in [-0.05, 0) is 69.3 Å². The Morgan fingerprint density at radius 1 is 1.10 bits per heavy atom. The lowest BCUT2D eigenvalue weighted by molar-refractivity contribution is -0.121. The second kappa shape index (κ2) is 9.09. The number of rotatable bonds is 6. The van der Waals surface area contributed by atoms with Crippen LogP contribution in [0.1, 0.15) is 31.7 Å². The lowest BCUT2D eigenvalue weighted by Gasteiger charge is -2.33. The maximum absolute atomic E-state index is 12.5. The minimum atomic E-state index is 0.00244. The van der Waals surface area contributed by atoms with E-state index in [1.54, 1.807) is 7.11 Å². The average Bonchev–Trinajstić information content (AvgIpc) is 3.30. The van der Waals surface area contributed by atoms with Gasteiger partial charge in [-0.15, -0.1) is 10.2 Å². The first kappa shape index (κ1) is 20.1. The van der Waals surface area contributed by atoms with Crippen LogP contribution in [0.5, 0.6) is 5.75 Å². The van der Waals surface area contributed by atoms with E-state index in [-0.39, 0.29) is 17.9 Å². The standard InChI is InChI=1S/C23H26N4O3/c1-16(22-25-26-23(30-22)18-8-10-20(29-2)11-9-18)27-14-12-17(13-15-27)21(28)24-19-6-4-3-5-7-19/h3-11,16-17H,12-15H2,1-2H3,(H,24,28)/t16-/m1/s1. The highest BCUT2D eigenvalue weighted by Gasteiger charge is 2.29. The lowest BCUT2D eigenvalue weighted by atomic mass is 9.95. The molecule has 7 heteroatoms. The minimum absolute atomic E-state index is 0.00244. The Kier molecular flexibility index (Phi) is 6.09. The van der Waals surface area contributed by atoms with Gasteiger partial charge in [0, 0.05) is 17.2 Å². The highest BCUT2D eigenvalue weighted by Crippen LogP contribution is 2.29. The number of hydrogen-bond donors (Lipinski definition) is 1. The van der Waals surface area contributed by atoms with Gasteiger partial charge in [-0.25, -0.2) is 0 Å². The van der Waals surface area contributed by atoms with Crippen LogP contribution in [0.3, 0.4) is 0 Å². The zero-order valence-electron chi connectivity index (χ0n) is 17.2. The van der Waals surface area contributed by atoms with Crippen molar-refractivity contribution in [2.24, 2.45) is 5.92 Å². The molecule has 1 N–H and O–H groups in total. The number of carbonyl (C=O) groups excluding carboxylic acids is 1. The summed E-state index contributed by atoms with van der Waals surface area (Å²) in [6.07, 6.45) is 1.62. The van der Waals surface area contributed by atoms with Crippen LogP contribution >= 0.6 is 0 Å². The predicted octanol–water partition coefficient (Wildman–Crippen LogP) is 4.16. The third kappa shape index (κ3) is 4.52. The van der Waals surface area contributed by atoms with Crippen LogP contribution in [0, 0.1) is 5.92 Å². The molecular formula is C23H26N4O3. The largest absolute Gasteiger partial charge is 0.497 e. The zero-order valence-corrected chi connectivity index (χ0v) is 17.2. The van der Waals surface area contributed by atoms with Crippen LogP contribution in [-0.4, -0.2) is 41.2 Å². The molecule has 1 aliphatic rings. The molecule has 30 heavy (non-hydrogen) atoms. The van der Waals surface area contributed by atoms with E-state index >= 15 is 0 Å². The Balaban J connectivity index is 1.33. The van der Waals surface area contributed by atoms with Crippen molar-refractivity contribution in [3.8, 4) is 17.2 Å². The van der Waals surface area contributed by atoms with Crippen LogP contribution in [0.4, 0.5) is 5.69 Å².